The highest BCUT2D eigenvalue weighted by Crippen LogP contribution is 2.32. The second-order valence-electron chi connectivity index (χ2n) is 8.00. The molecule has 32 heavy (non-hydrogen) atoms. The van der Waals surface area contributed by atoms with Gasteiger partial charge in [0.15, 0.2) is 0 Å². The Hall–Kier alpha value is -2.84. The van der Waals surface area contributed by atoms with Gasteiger partial charge < -0.3 is 0 Å². The normalized spacial score (nSPS) is 11.9. The maximum atomic E-state index is 13.5. The molecule has 0 spiro atoms. The van der Waals surface area contributed by atoms with Crippen LogP contribution >= 0.6 is 0 Å². The van der Waals surface area contributed by atoms with E-state index >= 15 is 0 Å². The fraction of sp³-hybridized carbons (Fsp3) is 0.250. The maximum absolute atomic E-state index is 13.5. The van der Waals surface area contributed by atoms with Gasteiger partial charge in [0.25, 0.3) is 20.0 Å². The van der Waals surface area contributed by atoms with Crippen LogP contribution in [0.3, 0.4) is 0 Å². The number of hydrogen-bond acceptors (Lipinski definition) is 4. The summed E-state index contributed by atoms with van der Waals surface area (Å²) in [4.78, 5) is 0.208. The van der Waals surface area contributed by atoms with Gasteiger partial charge in [0.1, 0.15) is 0 Å². The van der Waals surface area contributed by atoms with E-state index in [1.54, 1.807) is 62.4 Å². The Morgan fingerprint density at radius 1 is 0.625 bits per heavy atom. The molecule has 0 atom stereocenters. The molecule has 0 saturated heterocycles. The number of nitrogens with zero attached hydrogens (tertiary/aromatic N) is 2. The maximum Gasteiger partial charge on any atom is 0.264 e. The highest BCUT2D eigenvalue weighted by atomic mass is 32.2. The molecule has 0 fully saturated rings. The number of rotatable bonds is 6. The lowest BCUT2D eigenvalue weighted by molar-refractivity contribution is 0.591. The molecular weight excluding hydrogens is 444 g/mol. The first-order valence-corrected chi connectivity index (χ1v) is 13.0. The second kappa shape index (κ2) is 8.60. The molecule has 0 saturated carbocycles. The average molecular weight is 473 g/mol. The smallest absolute Gasteiger partial charge is 0.264 e. The van der Waals surface area contributed by atoms with Crippen molar-refractivity contribution in [3.05, 3.63) is 82.9 Å². The summed E-state index contributed by atoms with van der Waals surface area (Å²) in [6.45, 7) is 7.25. The van der Waals surface area contributed by atoms with E-state index in [2.05, 4.69) is 0 Å². The summed E-state index contributed by atoms with van der Waals surface area (Å²) in [6, 6.07) is 16.9. The Kier molecular flexibility index (Phi) is 6.40. The van der Waals surface area contributed by atoms with Crippen molar-refractivity contribution in [2.45, 2.75) is 37.5 Å². The molecule has 3 aromatic carbocycles. The van der Waals surface area contributed by atoms with Crippen LogP contribution in [0.25, 0.3) is 0 Å². The van der Waals surface area contributed by atoms with E-state index in [0.717, 1.165) is 15.4 Å². The summed E-state index contributed by atoms with van der Waals surface area (Å²) in [7, 11) is -4.84. The van der Waals surface area contributed by atoms with Crippen LogP contribution in [0.5, 0.6) is 0 Å². The van der Waals surface area contributed by atoms with Gasteiger partial charge in [0.05, 0.1) is 21.2 Å². The average Bonchev–Trinajstić information content (AvgIpc) is 2.73. The first-order chi connectivity index (χ1) is 14.9. The van der Waals surface area contributed by atoms with Crippen molar-refractivity contribution in [1.29, 1.82) is 0 Å². The standard InChI is InChI=1S/C24H28N2O4S2/c1-17-10-12-22(13-11-17)31(27,28)26(6)23-16-24(20(4)15-19(23)3)32(29,30)25(5)21-9-7-8-18(2)14-21/h7-16H,1-6H3. The zero-order chi connectivity index (χ0) is 23.8. The van der Waals surface area contributed by atoms with Gasteiger partial charge in [-0.3, -0.25) is 8.61 Å². The van der Waals surface area contributed by atoms with Gasteiger partial charge in [-0.25, -0.2) is 16.8 Å². The van der Waals surface area contributed by atoms with E-state index in [1.165, 1.54) is 24.5 Å². The minimum Gasteiger partial charge on any atom is -0.269 e. The Morgan fingerprint density at radius 3 is 1.84 bits per heavy atom. The van der Waals surface area contributed by atoms with Gasteiger partial charge in [-0.15, -0.1) is 0 Å². The van der Waals surface area contributed by atoms with Crippen molar-refractivity contribution in [2.75, 3.05) is 22.7 Å². The number of anilines is 2. The summed E-state index contributed by atoms with van der Waals surface area (Å²) in [6.07, 6.45) is 0. The Labute approximate surface area is 191 Å². The van der Waals surface area contributed by atoms with Gasteiger partial charge in [0, 0.05) is 14.1 Å². The summed E-state index contributed by atoms with van der Waals surface area (Å²) >= 11 is 0. The molecule has 0 aliphatic rings. The van der Waals surface area contributed by atoms with Crippen LogP contribution in [0.1, 0.15) is 22.3 Å². The van der Waals surface area contributed by atoms with Gasteiger partial charge in [-0.2, -0.15) is 0 Å². The second-order valence-corrected chi connectivity index (χ2v) is 11.9. The van der Waals surface area contributed by atoms with Crippen molar-refractivity contribution < 1.29 is 16.8 Å². The number of benzene rings is 3. The zero-order valence-corrected chi connectivity index (χ0v) is 20.8. The molecule has 0 heterocycles. The number of sulfonamides is 2. The van der Waals surface area contributed by atoms with Gasteiger partial charge in [-0.05, 0) is 74.7 Å². The fourth-order valence-electron chi connectivity index (χ4n) is 3.55. The topological polar surface area (TPSA) is 74.8 Å². The Bertz CT molecular complexity index is 1360. The molecule has 0 N–H and O–H groups in total. The molecule has 0 aliphatic heterocycles. The van der Waals surface area contributed by atoms with Crippen molar-refractivity contribution in [1.82, 2.24) is 0 Å². The minimum atomic E-state index is -3.92. The molecule has 170 valence electrons. The first-order valence-electron chi connectivity index (χ1n) is 10.1. The van der Waals surface area contributed by atoms with Gasteiger partial charge in [-0.1, -0.05) is 35.9 Å². The molecule has 0 aromatic heterocycles. The van der Waals surface area contributed by atoms with E-state index in [-0.39, 0.29) is 9.79 Å². The lowest BCUT2D eigenvalue weighted by Crippen LogP contribution is -2.29. The zero-order valence-electron chi connectivity index (χ0n) is 19.1. The molecule has 6 nitrogen and oxygen atoms in total. The number of hydrogen-bond donors (Lipinski definition) is 0. The number of aryl methyl sites for hydroxylation is 4. The Balaban J connectivity index is 2.10. The molecule has 0 bridgehead atoms. The minimum absolute atomic E-state index is 0.0630. The van der Waals surface area contributed by atoms with Crippen molar-refractivity contribution in [2.24, 2.45) is 0 Å². The van der Waals surface area contributed by atoms with Crippen LogP contribution in [0, 0.1) is 27.7 Å². The molecule has 0 unspecified atom stereocenters. The molecule has 0 radical (unpaired) electrons. The summed E-state index contributed by atoms with van der Waals surface area (Å²) < 4.78 is 55.7. The lowest BCUT2D eigenvalue weighted by atomic mass is 10.1. The van der Waals surface area contributed by atoms with Crippen LogP contribution in [-0.2, 0) is 20.0 Å². The molecule has 8 heteroatoms. The molecule has 3 aromatic rings. The summed E-state index contributed by atoms with van der Waals surface area (Å²) in [5.74, 6) is 0. The summed E-state index contributed by atoms with van der Waals surface area (Å²) in [5.41, 5.74) is 3.95. The molecule has 3 rings (SSSR count). The highest BCUT2D eigenvalue weighted by molar-refractivity contribution is 7.93. The van der Waals surface area contributed by atoms with Crippen LogP contribution in [0.4, 0.5) is 11.4 Å². The third kappa shape index (κ3) is 4.38. The van der Waals surface area contributed by atoms with Crippen LogP contribution in [0.15, 0.2) is 70.5 Å². The largest absolute Gasteiger partial charge is 0.269 e. The molecule has 0 amide bonds. The third-order valence-corrected chi connectivity index (χ3v) is 9.23. The van der Waals surface area contributed by atoms with E-state index in [1.807, 2.05) is 19.9 Å². The van der Waals surface area contributed by atoms with E-state index < -0.39 is 20.0 Å². The van der Waals surface area contributed by atoms with Crippen LogP contribution in [0.2, 0.25) is 0 Å². The molecular formula is C24H28N2O4S2. The van der Waals surface area contributed by atoms with Crippen molar-refractivity contribution in [3.8, 4) is 0 Å². The van der Waals surface area contributed by atoms with Crippen LogP contribution in [-0.4, -0.2) is 30.9 Å². The van der Waals surface area contributed by atoms with Gasteiger partial charge >= 0.3 is 0 Å². The molecule has 0 aliphatic carbocycles. The van der Waals surface area contributed by atoms with Crippen molar-refractivity contribution >= 4 is 31.4 Å². The van der Waals surface area contributed by atoms with Gasteiger partial charge in [0.2, 0.25) is 0 Å². The van der Waals surface area contributed by atoms with E-state index in [0.29, 0.717) is 22.5 Å². The highest BCUT2D eigenvalue weighted by Gasteiger charge is 2.28. The fourth-order valence-corrected chi connectivity index (χ4v) is 6.21. The van der Waals surface area contributed by atoms with Crippen molar-refractivity contribution in [3.63, 3.8) is 0 Å². The van der Waals surface area contributed by atoms with E-state index in [4.69, 9.17) is 0 Å². The van der Waals surface area contributed by atoms with E-state index in [9.17, 15) is 16.8 Å². The van der Waals surface area contributed by atoms with Crippen LogP contribution < -0.4 is 8.61 Å². The lowest BCUT2D eigenvalue weighted by Gasteiger charge is -2.25. The Morgan fingerprint density at radius 2 is 1.25 bits per heavy atom. The summed E-state index contributed by atoms with van der Waals surface area (Å²) in [5, 5.41) is 0. The first kappa shape index (κ1) is 23.8. The SMILES string of the molecule is Cc1ccc(S(=O)(=O)N(C)c2cc(S(=O)(=O)N(C)c3cccc(C)c3)c(C)cc2C)cc1. The predicted molar refractivity (Wildman–Crippen MR) is 129 cm³/mol. The predicted octanol–water partition coefficient (Wildman–Crippen LogP) is 4.57. The third-order valence-electron chi connectivity index (χ3n) is 5.52. The quantitative estimate of drug-likeness (QED) is 0.527. The monoisotopic (exact) mass is 472 g/mol.